The summed E-state index contributed by atoms with van der Waals surface area (Å²) in [5.41, 5.74) is 8.87. The van der Waals surface area contributed by atoms with Crippen molar-refractivity contribution in [3.63, 3.8) is 0 Å². The molecule has 0 aliphatic heterocycles. The second kappa shape index (κ2) is 11.4. The fourth-order valence-electron chi connectivity index (χ4n) is 4.51. The number of hydrogen-bond acceptors (Lipinski definition) is 1. The summed E-state index contributed by atoms with van der Waals surface area (Å²) in [5.74, 6) is 0.569. The van der Waals surface area contributed by atoms with Crippen molar-refractivity contribution in [1.82, 2.24) is 0 Å². The van der Waals surface area contributed by atoms with Crippen LogP contribution >= 0.6 is 0 Å². The van der Waals surface area contributed by atoms with Crippen LogP contribution in [0.3, 0.4) is 0 Å². The predicted octanol–water partition coefficient (Wildman–Crippen LogP) is 10.3. The van der Waals surface area contributed by atoms with Gasteiger partial charge in [0.05, 0.1) is 0 Å². The largest absolute Gasteiger partial charge is 0.311 e. The van der Waals surface area contributed by atoms with Crippen LogP contribution in [0.2, 0.25) is 0 Å². The molecule has 0 aliphatic carbocycles. The Kier molecular flexibility index (Phi) is 8.56. The van der Waals surface area contributed by atoms with E-state index in [1.165, 1.54) is 28.1 Å². The third kappa shape index (κ3) is 5.36. The molecule has 0 heterocycles. The van der Waals surface area contributed by atoms with Crippen molar-refractivity contribution in [2.75, 3.05) is 4.90 Å². The lowest BCUT2D eigenvalue weighted by Crippen LogP contribution is -2.19. The molecule has 0 fully saturated rings. The van der Waals surface area contributed by atoms with Gasteiger partial charge in [-0.05, 0) is 96.2 Å². The molecule has 0 radical (unpaired) electrons. The first-order chi connectivity index (χ1) is 16.4. The van der Waals surface area contributed by atoms with Gasteiger partial charge in [-0.1, -0.05) is 89.7 Å². The fourth-order valence-corrected chi connectivity index (χ4v) is 4.51. The number of hydrogen-bond donors (Lipinski definition) is 0. The van der Waals surface area contributed by atoms with Crippen LogP contribution in [0.1, 0.15) is 83.4 Å². The van der Waals surface area contributed by atoms with Crippen molar-refractivity contribution in [3.8, 4) is 0 Å². The second-order valence-electron chi connectivity index (χ2n) is 9.55. The van der Waals surface area contributed by atoms with E-state index in [1.807, 2.05) is 6.08 Å². The van der Waals surface area contributed by atoms with E-state index in [4.69, 9.17) is 0 Å². The van der Waals surface area contributed by atoms with Gasteiger partial charge in [0.15, 0.2) is 0 Å². The average Bonchev–Trinajstić information content (AvgIpc) is 2.90. The highest BCUT2D eigenvalue weighted by atomic mass is 15.1. The quantitative estimate of drug-likeness (QED) is 0.277. The number of allylic oxidation sites excluding steroid dienone is 3. The third-order valence-corrected chi connectivity index (χ3v) is 7.71. The molecular weight excluding hydrogens is 410 g/mol. The van der Waals surface area contributed by atoms with Crippen LogP contribution in [0.4, 0.5) is 17.1 Å². The van der Waals surface area contributed by atoms with Gasteiger partial charge in [-0.3, -0.25) is 0 Å². The van der Waals surface area contributed by atoms with Crippen molar-refractivity contribution in [1.29, 1.82) is 0 Å². The summed E-state index contributed by atoms with van der Waals surface area (Å²) in [6.45, 7) is 17.5. The normalized spacial score (nSPS) is 12.9. The van der Waals surface area contributed by atoms with Gasteiger partial charge in [-0.15, -0.1) is 0 Å². The van der Waals surface area contributed by atoms with Crippen LogP contribution in [0.15, 0.2) is 91.5 Å². The monoisotopic (exact) mass is 451 g/mol. The van der Waals surface area contributed by atoms with E-state index in [9.17, 15) is 0 Å². The van der Waals surface area contributed by atoms with Crippen molar-refractivity contribution < 1.29 is 0 Å². The van der Waals surface area contributed by atoms with Gasteiger partial charge in [0.1, 0.15) is 0 Å². The molecule has 3 aromatic carbocycles. The van der Waals surface area contributed by atoms with E-state index in [2.05, 4.69) is 132 Å². The summed E-state index contributed by atoms with van der Waals surface area (Å²) in [4.78, 5) is 2.35. The first-order valence-electron chi connectivity index (χ1n) is 12.8. The van der Waals surface area contributed by atoms with Gasteiger partial charge in [-0.25, -0.2) is 0 Å². The smallest absolute Gasteiger partial charge is 0.0462 e. The van der Waals surface area contributed by atoms with Gasteiger partial charge >= 0.3 is 0 Å². The lowest BCUT2D eigenvalue weighted by Gasteiger charge is -2.30. The van der Waals surface area contributed by atoms with Crippen LogP contribution in [0.25, 0.3) is 5.57 Å². The molecule has 1 unspecified atom stereocenters. The van der Waals surface area contributed by atoms with E-state index in [0.717, 1.165) is 30.5 Å². The molecule has 0 N–H and O–H groups in total. The summed E-state index contributed by atoms with van der Waals surface area (Å²) < 4.78 is 0. The molecule has 178 valence electrons. The topological polar surface area (TPSA) is 3.24 Å². The minimum Gasteiger partial charge on any atom is -0.311 e. The minimum atomic E-state index is 0.219. The molecule has 0 aliphatic rings. The molecule has 0 spiro atoms. The Balaban J connectivity index is 2.06. The summed E-state index contributed by atoms with van der Waals surface area (Å²) in [7, 11) is 0. The van der Waals surface area contributed by atoms with E-state index in [-0.39, 0.29) is 5.41 Å². The summed E-state index contributed by atoms with van der Waals surface area (Å²) in [5, 5.41) is 0. The third-order valence-electron chi connectivity index (χ3n) is 7.71. The Labute approximate surface area is 207 Å². The Morgan fingerprint density at radius 2 is 1.29 bits per heavy atom. The maximum Gasteiger partial charge on any atom is 0.0462 e. The predicted molar refractivity (Wildman–Crippen MR) is 152 cm³/mol. The van der Waals surface area contributed by atoms with Crippen molar-refractivity contribution in [2.24, 2.45) is 0 Å². The Morgan fingerprint density at radius 1 is 0.824 bits per heavy atom. The number of rotatable bonds is 10. The first-order valence-corrected chi connectivity index (χ1v) is 12.8. The van der Waals surface area contributed by atoms with Gasteiger partial charge < -0.3 is 4.90 Å². The molecule has 3 aromatic rings. The van der Waals surface area contributed by atoms with E-state index in [0.29, 0.717) is 5.92 Å². The van der Waals surface area contributed by atoms with Gasteiger partial charge in [-0.2, -0.15) is 0 Å². The number of nitrogens with zero attached hydrogens (tertiary/aromatic N) is 1. The Bertz CT molecular complexity index is 1080. The zero-order valence-corrected chi connectivity index (χ0v) is 21.9. The highest BCUT2D eigenvalue weighted by Gasteiger charge is 2.22. The van der Waals surface area contributed by atoms with Crippen LogP contribution in [-0.2, 0) is 5.41 Å². The molecule has 1 heteroatoms. The van der Waals surface area contributed by atoms with Crippen LogP contribution < -0.4 is 4.90 Å². The van der Waals surface area contributed by atoms with Gasteiger partial charge in [0.2, 0.25) is 0 Å². The van der Waals surface area contributed by atoms with Crippen molar-refractivity contribution >= 4 is 22.6 Å². The summed E-state index contributed by atoms with van der Waals surface area (Å²) in [6.07, 6.45) is 7.45. The van der Waals surface area contributed by atoms with Gasteiger partial charge in [0, 0.05) is 17.1 Å². The number of anilines is 3. The van der Waals surface area contributed by atoms with Gasteiger partial charge in [0.25, 0.3) is 0 Å². The minimum absolute atomic E-state index is 0.219. The maximum atomic E-state index is 3.95. The van der Waals surface area contributed by atoms with E-state index < -0.39 is 0 Å². The fraction of sp³-hybridized carbons (Fsp3) is 0.333. The van der Waals surface area contributed by atoms with Crippen molar-refractivity contribution in [2.45, 2.75) is 72.1 Å². The number of benzene rings is 3. The zero-order chi connectivity index (χ0) is 24.7. The molecule has 34 heavy (non-hydrogen) atoms. The van der Waals surface area contributed by atoms with Crippen LogP contribution in [-0.4, -0.2) is 0 Å². The van der Waals surface area contributed by atoms with Crippen molar-refractivity contribution in [3.05, 3.63) is 108 Å². The van der Waals surface area contributed by atoms with Crippen LogP contribution in [0, 0.1) is 0 Å². The first kappa shape index (κ1) is 25.6. The Morgan fingerprint density at radius 3 is 1.71 bits per heavy atom. The molecular formula is C33H41N. The molecule has 1 atom stereocenters. The highest BCUT2D eigenvalue weighted by Crippen LogP contribution is 2.38. The Hall–Kier alpha value is -3.06. The molecule has 0 bridgehead atoms. The molecule has 0 amide bonds. The molecule has 0 aromatic heterocycles. The average molecular weight is 452 g/mol. The standard InChI is InChI=1S/C33H41N/c1-8-25(6)27-13-19-30(20-14-27)34(31-21-15-28(16-22-31)26(9-2)10-3)32-23-17-29(18-24-32)33(7,11-4)12-5/h9-10,13-25H,2,8,11-12H2,1,3-7H3/b26-10+. The molecule has 0 saturated heterocycles. The highest BCUT2D eigenvalue weighted by molar-refractivity contribution is 5.79. The van der Waals surface area contributed by atoms with E-state index in [1.54, 1.807) is 0 Å². The van der Waals surface area contributed by atoms with Crippen LogP contribution in [0.5, 0.6) is 0 Å². The maximum absolute atomic E-state index is 3.95. The molecule has 1 nitrogen and oxygen atoms in total. The molecule has 3 rings (SSSR count). The lowest BCUT2D eigenvalue weighted by molar-refractivity contribution is 0.439. The van der Waals surface area contributed by atoms with E-state index >= 15 is 0 Å². The SMILES string of the molecule is C=C/C(=C\C)c1ccc(N(c2ccc(C(C)CC)cc2)c2ccc(C(C)(CC)CC)cc2)cc1. The second-order valence-corrected chi connectivity index (χ2v) is 9.55. The lowest BCUT2D eigenvalue weighted by atomic mass is 9.78. The zero-order valence-electron chi connectivity index (χ0n) is 21.9. The summed E-state index contributed by atoms with van der Waals surface area (Å²) >= 11 is 0. The molecule has 0 saturated carbocycles. The summed E-state index contributed by atoms with van der Waals surface area (Å²) in [6, 6.07) is 27.0.